The van der Waals surface area contributed by atoms with Gasteiger partial charge in [-0.3, -0.25) is 9.78 Å². The van der Waals surface area contributed by atoms with E-state index in [4.69, 9.17) is 4.74 Å². The Bertz CT molecular complexity index is 685. The molecule has 3 rings (SSSR count). The third-order valence-electron chi connectivity index (χ3n) is 4.47. The van der Waals surface area contributed by atoms with E-state index in [2.05, 4.69) is 10.3 Å². The van der Waals surface area contributed by atoms with Gasteiger partial charge in [0.25, 0.3) is 0 Å². The molecular weight excluding hydrogens is 307 g/mol. The van der Waals surface area contributed by atoms with E-state index >= 15 is 0 Å². The number of pyridine rings is 1. The summed E-state index contributed by atoms with van der Waals surface area (Å²) in [5.74, 6) is -0.326. The lowest BCUT2D eigenvalue weighted by Gasteiger charge is -2.38. The van der Waals surface area contributed by atoms with Crippen LogP contribution in [0.15, 0.2) is 48.8 Å². The van der Waals surface area contributed by atoms with Gasteiger partial charge in [-0.1, -0.05) is 18.2 Å². The van der Waals surface area contributed by atoms with Gasteiger partial charge in [-0.2, -0.15) is 0 Å². The van der Waals surface area contributed by atoms with E-state index in [-0.39, 0.29) is 11.7 Å². The molecule has 126 valence electrons. The molecule has 0 atom stereocenters. The molecule has 0 aliphatic carbocycles. The van der Waals surface area contributed by atoms with Crippen LogP contribution in [0.2, 0.25) is 0 Å². The van der Waals surface area contributed by atoms with Crippen LogP contribution in [0.5, 0.6) is 0 Å². The maximum Gasteiger partial charge on any atom is 0.221 e. The SMILES string of the molecule is O=C(CCc1cccnc1)NC1(c2cccc(F)c2)CCOCC1. The minimum atomic E-state index is -0.549. The van der Waals surface area contributed by atoms with Crippen LogP contribution in [0, 0.1) is 5.82 Å². The van der Waals surface area contributed by atoms with Gasteiger partial charge in [0.2, 0.25) is 5.91 Å². The summed E-state index contributed by atoms with van der Waals surface area (Å²) in [5.41, 5.74) is 1.28. The lowest BCUT2D eigenvalue weighted by molar-refractivity contribution is -0.124. The first-order valence-corrected chi connectivity index (χ1v) is 8.22. The summed E-state index contributed by atoms with van der Waals surface area (Å²) in [5, 5.41) is 3.14. The third-order valence-corrected chi connectivity index (χ3v) is 4.47. The summed E-state index contributed by atoms with van der Waals surface area (Å²) < 4.78 is 19.1. The summed E-state index contributed by atoms with van der Waals surface area (Å²) in [4.78, 5) is 16.5. The highest BCUT2D eigenvalue weighted by Crippen LogP contribution is 2.32. The van der Waals surface area contributed by atoms with Gasteiger partial charge in [0, 0.05) is 32.0 Å². The Morgan fingerprint density at radius 1 is 1.25 bits per heavy atom. The molecule has 0 unspecified atom stereocenters. The Morgan fingerprint density at radius 2 is 2.08 bits per heavy atom. The van der Waals surface area contributed by atoms with Crippen molar-refractivity contribution in [2.75, 3.05) is 13.2 Å². The van der Waals surface area contributed by atoms with E-state index in [1.165, 1.54) is 12.1 Å². The van der Waals surface area contributed by atoms with Crippen LogP contribution in [0.25, 0.3) is 0 Å². The first-order valence-electron chi connectivity index (χ1n) is 8.22. The zero-order valence-electron chi connectivity index (χ0n) is 13.5. The highest BCUT2D eigenvalue weighted by atomic mass is 19.1. The molecule has 0 radical (unpaired) electrons. The minimum Gasteiger partial charge on any atom is -0.381 e. The predicted molar refractivity (Wildman–Crippen MR) is 88.8 cm³/mol. The van der Waals surface area contributed by atoms with Crippen LogP contribution >= 0.6 is 0 Å². The molecule has 2 heterocycles. The Labute approximate surface area is 141 Å². The number of carbonyl (C=O) groups excluding carboxylic acids is 1. The molecule has 0 bridgehead atoms. The lowest BCUT2D eigenvalue weighted by Crippen LogP contribution is -2.49. The molecule has 2 aromatic rings. The topological polar surface area (TPSA) is 51.2 Å². The quantitative estimate of drug-likeness (QED) is 0.918. The molecule has 0 saturated carbocycles. The van der Waals surface area contributed by atoms with Gasteiger partial charge in [0.15, 0.2) is 0 Å². The van der Waals surface area contributed by atoms with E-state index in [1.54, 1.807) is 18.5 Å². The van der Waals surface area contributed by atoms with Crippen molar-refractivity contribution in [3.8, 4) is 0 Å². The average molecular weight is 328 g/mol. The fraction of sp³-hybridized carbons (Fsp3) is 0.368. The molecule has 1 aromatic heterocycles. The van der Waals surface area contributed by atoms with Gasteiger partial charge >= 0.3 is 0 Å². The maximum absolute atomic E-state index is 13.6. The van der Waals surface area contributed by atoms with Crippen LogP contribution in [0.4, 0.5) is 4.39 Å². The summed E-state index contributed by atoms with van der Waals surface area (Å²) in [6.07, 6.45) is 5.79. The van der Waals surface area contributed by atoms with E-state index in [1.807, 2.05) is 18.2 Å². The van der Waals surface area contributed by atoms with Crippen LogP contribution in [0.1, 0.15) is 30.4 Å². The number of aromatic nitrogens is 1. The molecule has 1 aliphatic rings. The van der Waals surface area contributed by atoms with Crippen LogP contribution in [-0.2, 0) is 21.5 Å². The van der Waals surface area contributed by atoms with Crippen molar-refractivity contribution < 1.29 is 13.9 Å². The van der Waals surface area contributed by atoms with Crippen LogP contribution < -0.4 is 5.32 Å². The summed E-state index contributed by atoms with van der Waals surface area (Å²) >= 11 is 0. The molecular formula is C19H21FN2O2. The normalized spacial score (nSPS) is 16.5. The molecule has 1 saturated heterocycles. The fourth-order valence-corrected chi connectivity index (χ4v) is 3.13. The molecule has 1 amide bonds. The van der Waals surface area contributed by atoms with Gasteiger partial charge in [-0.15, -0.1) is 0 Å². The number of hydrogen-bond donors (Lipinski definition) is 1. The Hall–Kier alpha value is -2.27. The second-order valence-corrected chi connectivity index (χ2v) is 6.11. The number of benzene rings is 1. The number of ether oxygens (including phenoxy) is 1. The largest absolute Gasteiger partial charge is 0.381 e. The molecule has 1 fully saturated rings. The Balaban J connectivity index is 1.71. The number of aryl methyl sites for hydroxylation is 1. The van der Waals surface area contributed by atoms with Gasteiger partial charge < -0.3 is 10.1 Å². The van der Waals surface area contributed by atoms with Gasteiger partial charge in [0.05, 0.1) is 5.54 Å². The van der Waals surface area contributed by atoms with Gasteiger partial charge in [-0.05, 0) is 48.6 Å². The maximum atomic E-state index is 13.6. The van der Waals surface area contributed by atoms with Crippen molar-refractivity contribution >= 4 is 5.91 Å². The number of rotatable bonds is 5. The highest BCUT2D eigenvalue weighted by Gasteiger charge is 2.36. The van der Waals surface area contributed by atoms with E-state index < -0.39 is 5.54 Å². The number of carbonyl (C=O) groups is 1. The first-order chi connectivity index (χ1) is 11.7. The Kier molecular flexibility index (Phi) is 5.20. The second kappa shape index (κ2) is 7.53. The predicted octanol–water partition coefficient (Wildman–Crippen LogP) is 2.98. The van der Waals surface area contributed by atoms with Crippen molar-refractivity contribution in [1.29, 1.82) is 0 Å². The van der Waals surface area contributed by atoms with E-state index in [0.717, 1.165) is 11.1 Å². The van der Waals surface area contributed by atoms with Gasteiger partial charge in [-0.25, -0.2) is 4.39 Å². The number of halogens is 1. The van der Waals surface area contributed by atoms with Crippen LogP contribution in [-0.4, -0.2) is 24.1 Å². The summed E-state index contributed by atoms with van der Waals surface area (Å²) in [7, 11) is 0. The monoisotopic (exact) mass is 328 g/mol. The molecule has 4 nitrogen and oxygen atoms in total. The highest BCUT2D eigenvalue weighted by molar-refractivity contribution is 5.77. The van der Waals surface area contributed by atoms with E-state index in [0.29, 0.717) is 38.9 Å². The minimum absolute atomic E-state index is 0.0370. The van der Waals surface area contributed by atoms with E-state index in [9.17, 15) is 9.18 Å². The number of nitrogens with one attached hydrogen (secondary N) is 1. The van der Waals surface area contributed by atoms with Crippen molar-refractivity contribution in [2.24, 2.45) is 0 Å². The molecule has 0 spiro atoms. The molecule has 1 aromatic carbocycles. The fourth-order valence-electron chi connectivity index (χ4n) is 3.13. The van der Waals surface area contributed by atoms with Gasteiger partial charge in [0.1, 0.15) is 5.82 Å². The number of hydrogen-bond acceptors (Lipinski definition) is 3. The standard InChI is InChI=1S/C19H21FN2O2/c20-17-5-1-4-16(13-17)19(8-11-24-12-9-19)22-18(23)7-6-15-3-2-10-21-14-15/h1-5,10,13-14H,6-9,11-12H2,(H,22,23). The third kappa shape index (κ3) is 3.97. The lowest BCUT2D eigenvalue weighted by atomic mass is 9.82. The van der Waals surface area contributed by atoms with Crippen molar-refractivity contribution in [2.45, 2.75) is 31.2 Å². The average Bonchev–Trinajstić information content (AvgIpc) is 2.62. The molecule has 24 heavy (non-hydrogen) atoms. The van der Waals surface area contributed by atoms with Crippen molar-refractivity contribution in [1.82, 2.24) is 10.3 Å². The summed E-state index contributed by atoms with van der Waals surface area (Å²) in [6, 6.07) is 10.3. The van der Waals surface area contributed by atoms with Crippen LogP contribution in [0.3, 0.4) is 0 Å². The van der Waals surface area contributed by atoms with Crippen molar-refractivity contribution in [3.63, 3.8) is 0 Å². The zero-order valence-corrected chi connectivity index (χ0v) is 13.5. The number of amides is 1. The first kappa shape index (κ1) is 16.6. The van der Waals surface area contributed by atoms with Crippen molar-refractivity contribution in [3.05, 3.63) is 65.7 Å². The number of nitrogens with zero attached hydrogens (tertiary/aromatic N) is 1. The smallest absolute Gasteiger partial charge is 0.221 e. The zero-order chi connectivity index (χ0) is 16.8. The molecule has 1 N–H and O–H groups in total. The molecule has 5 heteroatoms. The summed E-state index contributed by atoms with van der Waals surface area (Å²) in [6.45, 7) is 1.11. The molecule has 1 aliphatic heterocycles. The Morgan fingerprint density at radius 3 is 2.79 bits per heavy atom. The second-order valence-electron chi connectivity index (χ2n) is 6.11.